The second kappa shape index (κ2) is 8.00. The molecule has 1 saturated carbocycles. The molecule has 106 valence electrons. The van der Waals surface area contributed by atoms with Crippen molar-refractivity contribution in [2.45, 2.75) is 26.7 Å². The summed E-state index contributed by atoms with van der Waals surface area (Å²) < 4.78 is 5.29. The summed E-state index contributed by atoms with van der Waals surface area (Å²) in [5.74, 6) is 12.8. The van der Waals surface area contributed by atoms with E-state index < -0.39 is 0 Å². The van der Waals surface area contributed by atoms with Crippen LogP contribution in [0.3, 0.4) is 0 Å². The van der Waals surface area contributed by atoms with Crippen molar-refractivity contribution in [1.82, 2.24) is 0 Å². The lowest BCUT2D eigenvalue weighted by atomic mass is 10.1. The third-order valence-electron chi connectivity index (χ3n) is 2.75. The van der Waals surface area contributed by atoms with Gasteiger partial charge in [-0.2, -0.15) is 5.10 Å². The largest absolute Gasteiger partial charge is 0.496 e. The van der Waals surface area contributed by atoms with Crippen LogP contribution < -0.4 is 10.6 Å². The van der Waals surface area contributed by atoms with Crippen molar-refractivity contribution in [3.05, 3.63) is 29.3 Å². The van der Waals surface area contributed by atoms with Crippen molar-refractivity contribution in [3.8, 4) is 17.6 Å². The standard InChI is InChI=1S/C14H15N3O.C2H6/c1-18-14-8-11(5-4-10-2-3-10)6-7-12(14)13(9-15)17-16;1-2/h6-10,15H,2-3,16H2,1H3;1-2H3/b15-9?,17-13+;. The van der Waals surface area contributed by atoms with Crippen LogP contribution in [0.25, 0.3) is 0 Å². The van der Waals surface area contributed by atoms with E-state index in [-0.39, 0.29) is 0 Å². The van der Waals surface area contributed by atoms with Crippen molar-refractivity contribution in [1.29, 1.82) is 5.41 Å². The smallest absolute Gasteiger partial charge is 0.129 e. The predicted octanol–water partition coefficient (Wildman–Crippen LogP) is 2.80. The normalized spacial score (nSPS) is 13.4. The molecule has 0 radical (unpaired) electrons. The number of hydrazone groups is 1. The molecule has 1 fully saturated rings. The van der Waals surface area contributed by atoms with Gasteiger partial charge in [-0.1, -0.05) is 25.7 Å². The van der Waals surface area contributed by atoms with Crippen LogP contribution >= 0.6 is 0 Å². The van der Waals surface area contributed by atoms with Crippen molar-refractivity contribution in [2.24, 2.45) is 16.9 Å². The molecule has 3 N–H and O–H groups in total. The Morgan fingerprint density at radius 3 is 2.65 bits per heavy atom. The number of methoxy groups -OCH3 is 1. The summed E-state index contributed by atoms with van der Waals surface area (Å²) in [6, 6.07) is 5.56. The zero-order valence-electron chi connectivity index (χ0n) is 12.2. The molecule has 20 heavy (non-hydrogen) atoms. The number of ether oxygens (including phenoxy) is 1. The van der Waals surface area contributed by atoms with Crippen molar-refractivity contribution >= 4 is 11.9 Å². The number of nitrogens with two attached hydrogens (primary N) is 1. The molecular formula is C16H21N3O. The van der Waals surface area contributed by atoms with E-state index in [9.17, 15) is 0 Å². The molecule has 0 aliphatic heterocycles. The molecule has 1 aliphatic carbocycles. The summed E-state index contributed by atoms with van der Waals surface area (Å²) in [5.41, 5.74) is 1.99. The maximum atomic E-state index is 7.25. The van der Waals surface area contributed by atoms with Gasteiger partial charge in [0.2, 0.25) is 0 Å². The molecule has 0 bridgehead atoms. The fourth-order valence-electron chi connectivity index (χ4n) is 1.58. The summed E-state index contributed by atoms with van der Waals surface area (Å²) in [5, 5.41) is 10.8. The lowest BCUT2D eigenvalue weighted by Crippen LogP contribution is -2.07. The van der Waals surface area contributed by atoms with E-state index in [1.165, 1.54) is 12.8 Å². The minimum Gasteiger partial charge on any atom is -0.496 e. The van der Waals surface area contributed by atoms with Gasteiger partial charge in [0.05, 0.1) is 7.11 Å². The molecule has 0 spiro atoms. The highest BCUT2D eigenvalue weighted by molar-refractivity contribution is 6.38. The Morgan fingerprint density at radius 2 is 2.15 bits per heavy atom. The van der Waals surface area contributed by atoms with Crippen LogP contribution in [0.2, 0.25) is 0 Å². The quantitative estimate of drug-likeness (QED) is 0.384. The molecule has 4 nitrogen and oxygen atoms in total. The van der Waals surface area contributed by atoms with E-state index in [0.717, 1.165) is 11.8 Å². The molecule has 1 aliphatic rings. The van der Waals surface area contributed by atoms with Crippen molar-refractivity contribution in [2.75, 3.05) is 7.11 Å². The Hall–Kier alpha value is -2.28. The van der Waals surface area contributed by atoms with Crippen molar-refractivity contribution < 1.29 is 4.74 Å². The van der Waals surface area contributed by atoms with Gasteiger partial charge >= 0.3 is 0 Å². The molecule has 2 rings (SSSR count). The van der Waals surface area contributed by atoms with Gasteiger partial charge in [0, 0.05) is 23.3 Å². The predicted molar refractivity (Wildman–Crippen MR) is 83.5 cm³/mol. The minimum absolute atomic E-state index is 0.383. The van der Waals surface area contributed by atoms with Gasteiger partial charge in [0.1, 0.15) is 11.5 Å². The minimum atomic E-state index is 0.383. The molecule has 0 amide bonds. The molecule has 0 heterocycles. The first kappa shape index (κ1) is 15.8. The van der Waals surface area contributed by atoms with Crippen LogP contribution in [0, 0.1) is 23.2 Å². The lowest BCUT2D eigenvalue weighted by Gasteiger charge is -2.07. The summed E-state index contributed by atoms with van der Waals surface area (Å²) in [6.45, 7) is 4.00. The first-order valence-electron chi connectivity index (χ1n) is 6.76. The lowest BCUT2D eigenvalue weighted by molar-refractivity contribution is 0.414. The highest BCUT2D eigenvalue weighted by atomic mass is 16.5. The molecule has 0 unspecified atom stereocenters. The van der Waals surface area contributed by atoms with Crippen LogP contribution in [0.5, 0.6) is 5.75 Å². The highest BCUT2D eigenvalue weighted by Crippen LogP contribution is 2.28. The van der Waals surface area contributed by atoms with E-state index in [1.807, 2.05) is 32.0 Å². The average Bonchev–Trinajstić information content (AvgIpc) is 3.33. The number of hydrogen-bond donors (Lipinski definition) is 2. The van der Waals surface area contributed by atoms with Gasteiger partial charge in [-0.05, 0) is 31.0 Å². The van der Waals surface area contributed by atoms with E-state index in [2.05, 4.69) is 16.9 Å². The SMILES string of the molecule is CC.COc1cc(C#CC2CC2)ccc1/C(C=N)=N/N. The van der Waals surface area contributed by atoms with Gasteiger partial charge in [-0.15, -0.1) is 0 Å². The molecular weight excluding hydrogens is 250 g/mol. The van der Waals surface area contributed by atoms with Gasteiger partial charge < -0.3 is 16.0 Å². The maximum absolute atomic E-state index is 7.25. The second-order valence-electron chi connectivity index (χ2n) is 4.12. The topological polar surface area (TPSA) is 71.5 Å². The highest BCUT2D eigenvalue weighted by Gasteiger charge is 2.17. The van der Waals surface area contributed by atoms with Gasteiger partial charge in [0.15, 0.2) is 0 Å². The zero-order valence-corrected chi connectivity index (χ0v) is 12.2. The van der Waals surface area contributed by atoms with Crippen LogP contribution in [-0.4, -0.2) is 19.0 Å². The summed E-state index contributed by atoms with van der Waals surface area (Å²) in [6.07, 6.45) is 3.52. The van der Waals surface area contributed by atoms with Gasteiger partial charge in [0.25, 0.3) is 0 Å². The summed E-state index contributed by atoms with van der Waals surface area (Å²) in [4.78, 5) is 0. The Morgan fingerprint density at radius 1 is 1.45 bits per heavy atom. The zero-order chi connectivity index (χ0) is 15.0. The van der Waals surface area contributed by atoms with Gasteiger partial charge in [-0.3, -0.25) is 0 Å². The van der Waals surface area contributed by atoms with Crippen LogP contribution in [-0.2, 0) is 0 Å². The molecule has 1 aromatic carbocycles. The number of nitrogens with one attached hydrogen (secondary N) is 1. The number of hydrogen-bond acceptors (Lipinski definition) is 4. The van der Waals surface area contributed by atoms with Crippen LogP contribution in [0.1, 0.15) is 37.8 Å². The van der Waals surface area contributed by atoms with Crippen LogP contribution in [0.4, 0.5) is 0 Å². The fraction of sp³-hybridized carbons (Fsp3) is 0.375. The molecule has 0 aromatic heterocycles. The molecule has 4 heteroatoms. The number of benzene rings is 1. The summed E-state index contributed by atoms with van der Waals surface area (Å²) >= 11 is 0. The van der Waals surface area contributed by atoms with E-state index in [1.54, 1.807) is 7.11 Å². The maximum Gasteiger partial charge on any atom is 0.129 e. The first-order valence-corrected chi connectivity index (χ1v) is 6.76. The Labute approximate surface area is 120 Å². The van der Waals surface area contributed by atoms with E-state index in [0.29, 0.717) is 22.9 Å². The van der Waals surface area contributed by atoms with Gasteiger partial charge in [-0.25, -0.2) is 0 Å². The first-order chi connectivity index (χ1) is 9.78. The number of nitrogens with zero attached hydrogens (tertiary/aromatic N) is 1. The third kappa shape index (κ3) is 4.13. The van der Waals surface area contributed by atoms with E-state index in [4.69, 9.17) is 16.0 Å². The van der Waals surface area contributed by atoms with Crippen LogP contribution in [0.15, 0.2) is 23.3 Å². The molecule has 0 atom stereocenters. The van der Waals surface area contributed by atoms with Crippen molar-refractivity contribution in [3.63, 3.8) is 0 Å². The Balaban J connectivity index is 0.000000956. The molecule has 0 saturated heterocycles. The van der Waals surface area contributed by atoms with E-state index >= 15 is 0 Å². The Kier molecular flexibility index (Phi) is 6.31. The Bertz CT molecular complexity index is 549. The fourth-order valence-corrected chi connectivity index (χ4v) is 1.58. The molecule has 1 aromatic rings. The monoisotopic (exact) mass is 271 g/mol. The second-order valence-corrected chi connectivity index (χ2v) is 4.12. The summed E-state index contributed by atoms with van der Waals surface area (Å²) in [7, 11) is 1.58. The number of rotatable bonds is 3. The third-order valence-corrected chi connectivity index (χ3v) is 2.75. The average molecular weight is 271 g/mol.